The van der Waals surface area contributed by atoms with Gasteiger partial charge in [0.2, 0.25) is 0 Å². The monoisotopic (exact) mass is 726 g/mol. The number of halogens is 1. The number of aryl methyl sites for hydroxylation is 1. The molecule has 0 saturated carbocycles. The van der Waals surface area contributed by atoms with Crippen LogP contribution in [0.1, 0.15) is 44.9 Å². The number of hydrogen-bond acceptors (Lipinski definition) is 12. The first-order valence-electron chi connectivity index (χ1n) is 16.6. The summed E-state index contributed by atoms with van der Waals surface area (Å²) in [6, 6.07) is 12.6. The second-order valence-corrected chi connectivity index (χ2v) is 14.4. The molecule has 2 aromatic carbocycles. The molecule has 6 rings (SSSR count). The molecule has 0 amide bonds. The molecule has 11 nitrogen and oxygen atoms in total. The van der Waals surface area contributed by atoms with Crippen molar-refractivity contribution in [2.45, 2.75) is 32.6 Å². The van der Waals surface area contributed by atoms with Crippen LogP contribution in [0.2, 0.25) is 0 Å². The van der Waals surface area contributed by atoms with Gasteiger partial charge >= 0.3 is 5.97 Å². The fourth-order valence-corrected chi connectivity index (χ4v) is 7.61. The van der Waals surface area contributed by atoms with Crippen LogP contribution in [0, 0.1) is 24.6 Å². The van der Waals surface area contributed by atoms with Crippen molar-refractivity contribution in [3.05, 3.63) is 88.3 Å². The van der Waals surface area contributed by atoms with Crippen molar-refractivity contribution in [2.75, 3.05) is 57.1 Å². The Morgan fingerprint density at radius 1 is 1.18 bits per heavy atom. The van der Waals surface area contributed by atoms with E-state index in [1.54, 1.807) is 29.7 Å². The SMILES string of the molecule is C=CN(CC#Cc1ccc(OCCCc2sc(N3CCCc4c3nnc(Nc3nc5ccccc5s3)c4C)nc2C(=O)O)c(F)c1)CCN(C)C. The summed E-state index contributed by atoms with van der Waals surface area (Å²) >= 11 is 2.88. The van der Waals surface area contributed by atoms with Crippen LogP contribution in [0.15, 0.2) is 55.2 Å². The Kier molecular flexibility index (Phi) is 11.4. The number of rotatable bonds is 14. The molecule has 0 radical (unpaired) electrons. The molecule has 2 N–H and O–H groups in total. The van der Waals surface area contributed by atoms with Gasteiger partial charge in [0.15, 0.2) is 39.2 Å². The lowest BCUT2D eigenvalue weighted by Gasteiger charge is -2.28. The van der Waals surface area contributed by atoms with Gasteiger partial charge in [-0.1, -0.05) is 41.9 Å². The number of nitrogens with one attached hydrogen (secondary N) is 1. The zero-order valence-corrected chi connectivity index (χ0v) is 30.4. The Morgan fingerprint density at radius 2 is 2.02 bits per heavy atom. The second kappa shape index (κ2) is 16.3. The predicted octanol–water partition coefficient (Wildman–Crippen LogP) is 6.89. The highest BCUT2D eigenvalue weighted by atomic mass is 32.1. The van der Waals surface area contributed by atoms with Crippen molar-refractivity contribution in [3.63, 3.8) is 0 Å². The highest BCUT2D eigenvalue weighted by molar-refractivity contribution is 7.22. The van der Waals surface area contributed by atoms with Crippen LogP contribution in [0.4, 0.5) is 26.3 Å². The molecule has 0 bridgehead atoms. The van der Waals surface area contributed by atoms with Crippen LogP contribution in [-0.2, 0) is 12.8 Å². The van der Waals surface area contributed by atoms with Crippen LogP contribution in [0.5, 0.6) is 5.75 Å². The lowest BCUT2D eigenvalue weighted by molar-refractivity contribution is 0.0690. The number of thiazole rings is 2. The topological polar surface area (TPSA) is 120 Å². The molecule has 0 atom stereocenters. The van der Waals surface area contributed by atoms with Gasteiger partial charge in [-0.3, -0.25) is 0 Å². The number of nitrogens with zero attached hydrogens (tertiary/aromatic N) is 7. The normalized spacial score (nSPS) is 12.4. The molecule has 5 aromatic rings. The van der Waals surface area contributed by atoms with E-state index in [1.807, 2.05) is 55.1 Å². The van der Waals surface area contributed by atoms with Gasteiger partial charge in [0.25, 0.3) is 0 Å². The number of likely N-dealkylation sites (N-methyl/N-ethyl adjacent to an activating group) is 1. The molecule has 0 saturated heterocycles. The van der Waals surface area contributed by atoms with E-state index >= 15 is 0 Å². The van der Waals surface area contributed by atoms with Crippen LogP contribution in [0.3, 0.4) is 0 Å². The van der Waals surface area contributed by atoms with E-state index in [0.29, 0.717) is 53.1 Å². The molecule has 4 heterocycles. The molecule has 51 heavy (non-hydrogen) atoms. The van der Waals surface area contributed by atoms with Crippen molar-refractivity contribution in [1.29, 1.82) is 0 Å². The lowest BCUT2D eigenvalue weighted by atomic mass is 10.0. The van der Waals surface area contributed by atoms with Crippen LogP contribution in [-0.4, -0.2) is 87.9 Å². The summed E-state index contributed by atoms with van der Waals surface area (Å²) in [6.07, 6.45) is 4.31. The average Bonchev–Trinajstić information content (AvgIpc) is 3.74. The maximum atomic E-state index is 14.8. The summed E-state index contributed by atoms with van der Waals surface area (Å²) in [5.74, 6) is 5.92. The summed E-state index contributed by atoms with van der Waals surface area (Å²) in [7, 11) is 4.02. The van der Waals surface area contributed by atoms with Gasteiger partial charge in [0, 0.05) is 41.2 Å². The van der Waals surface area contributed by atoms with Gasteiger partial charge in [-0.25, -0.2) is 19.2 Å². The Balaban J connectivity index is 1.08. The molecule has 14 heteroatoms. The van der Waals surface area contributed by atoms with E-state index in [9.17, 15) is 14.3 Å². The van der Waals surface area contributed by atoms with E-state index in [4.69, 9.17) is 4.74 Å². The summed E-state index contributed by atoms with van der Waals surface area (Å²) < 4.78 is 21.7. The molecule has 0 spiro atoms. The number of carboxylic acids is 1. The van der Waals surface area contributed by atoms with Gasteiger partial charge in [0.05, 0.1) is 23.4 Å². The zero-order valence-electron chi connectivity index (χ0n) is 28.8. The molecule has 1 aliphatic heterocycles. The number of anilines is 4. The first kappa shape index (κ1) is 35.7. The van der Waals surface area contributed by atoms with Gasteiger partial charge in [0.1, 0.15) is 0 Å². The number of carboxylic acid groups (broad SMARTS) is 1. The second-order valence-electron chi connectivity index (χ2n) is 12.3. The predicted molar refractivity (Wildman–Crippen MR) is 201 cm³/mol. The first-order chi connectivity index (χ1) is 24.7. The minimum atomic E-state index is -1.10. The molecule has 1 aliphatic rings. The van der Waals surface area contributed by atoms with Crippen molar-refractivity contribution < 1.29 is 19.0 Å². The minimum Gasteiger partial charge on any atom is -0.491 e. The van der Waals surface area contributed by atoms with Crippen molar-refractivity contribution in [2.24, 2.45) is 0 Å². The third-order valence-electron chi connectivity index (χ3n) is 8.37. The Bertz CT molecular complexity index is 2070. The molecular formula is C37H39FN8O3S2. The molecular weight excluding hydrogens is 688 g/mol. The standard InChI is InChI=1S/C37H39FN8O3S2/c1-5-45(21-20-44(3)4)18-8-11-25-16-17-29(27(38)23-25)49-22-10-15-31-32(35(47)48)40-37(51-31)46-19-9-12-26-24(2)33(42-43-34(26)46)41-36-39-28-13-6-7-14-30(28)50-36/h5-7,13-14,16-17,23H,1,9-10,12,15,18-22H2,2-4H3,(H,47,48)(H,39,41,42). The molecule has 0 fully saturated rings. The summed E-state index contributed by atoms with van der Waals surface area (Å²) in [5, 5.41) is 23.7. The van der Waals surface area contributed by atoms with Crippen LogP contribution < -0.4 is 15.0 Å². The number of aromatic nitrogens is 4. The Morgan fingerprint density at radius 3 is 2.78 bits per heavy atom. The van der Waals surface area contributed by atoms with Gasteiger partial charge in [-0.2, -0.15) is 0 Å². The Hall–Kier alpha value is -5.10. The van der Waals surface area contributed by atoms with Gasteiger partial charge in [-0.05, 0) is 83.2 Å². The van der Waals surface area contributed by atoms with E-state index in [0.717, 1.165) is 52.4 Å². The Labute approximate surface area is 304 Å². The van der Waals surface area contributed by atoms with Crippen LogP contribution in [0.25, 0.3) is 10.2 Å². The number of benzene rings is 2. The van der Waals surface area contributed by atoms with Crippen molar-refractivity contribution in [1.82, 2.24) is 30.0 Å². The lowest BCUT2D eigenvalue weighted by Crippen LogP contribution is -2.28. The number of para-hydroxylation sites is 1. The third kappa shape index (κ3) is 8.62. The summed E-state index contributed by atoms with van der Waals surface area (Å²) in [4.78, 5) is 28.1. The molecule has 0 aliphatic carbocycles. The smallest absolute Gasteiger partial charge is 0.355 e. The fraction of sp³-hybridized carbons (Fsp3) is 0.324. The highest BCUT2D eigenvalue weighted by Crippen LogP contribution is 2.39. The van der Waals surface area contributed by atoms with E-state index in [-0.39, 0.29) is 18.1 Å². The van der Waals surface area contributed by atoms with Crippen molar-refractivity contribution in [3.8, 4) is 17.6 Å². The first-order valence-corrected chi connectivity index (χ1v) is 18.2. The third-order valence-corrected chi connectivity index (χ3v) is 10.5. The van der Waals surface area contributed by atoms with Gasteiger partial charge < -0.3 is 29.9 Å². The average molecular weight is 727 g/mol. The molecule has 0 unspecified atom stereocenters. The number of ether oxygens (including phenoxy) is 1. The van der Waals surface area contributed by atoms with E-state index < -0.39 is 11.8 Å². The number of aromatic carboxylic acids is 1. The zero-order chi connectivity index (χ0) is 35.9. The maximum Gasteiger partial charge on any atom is 0.355 e. The number of hydrogen-bond donors (Lipinski definition) is 2. The number of fused-ring (bicyclic) bond motifs is 2. The summed E-state index contributed by atoms with van der Waals surface area (Å²) in [6.45, 7) is 8.87. The van der Waals surface area contributed by atoms with Crippen molar-refractivity contribution >= 4 is 60.8 Å². The maximum absolute atomic E-state index is 14.8. The van der Waals surface area contributed by atoms with E-state index in [1.165, 1.54) is 17.4 Å². The fourth-order valence-electron chi connectivity index (χ4n) is 5.62. The van der Waals surface area contributed by atoms with E-state index in [2.05, 4.69) is 48.8 Å². The largest absolute Gasteiger partial charge is 0.491 e. The highest BCUT2D eigenvalue weighted by Gasteiger charge is 2.28. The molecule has 3 aromatic heterocycles. The van der Waals surface area contributed by atoms with Crippen LogP contribution >= 0.6 is 22.7 Å². The van der Waals surface area contributed by atoms with Gasteiger partial charge in [-0.15, -0.1) is 21.5 Å². The quantitative estimate of drug-likeness (QED) is 0.0920. The number of carbonyl (C=O) groups is 1. The summed E-state index contributed by atoms with van der Waals surface area (Å²) in [5.41, 5.74) is 3.50. The molecule has 264 valence electrons. The minimum absolute atomic E-state index is 0.00627.